The second-order valence-corrected chi connectivity index (χ2v) is 12.0. The highest BCUT2D eigenvalue weighted by Crippen LogP contribution is 2.68. The zero-order chi connectivity index (χ0) is 25.1. The third-order valence-corrected chi connectivity index (χ3v) is 10.4. The molecule has 0 saturated carbocycles. The lowest BCUT2D eigenvalue weighted by Crippen LogP contribution is -2.57. The average Bonchev–Trinajstić information content (AvgIpc) is 3.43. The minimum atomic E-state index is -0.773. The first-order valence-corrected chi connectivity index (χ1v) is 13.2. The third kappa shape index (κ3) is 3.48. The Balaban J connectivity index is 1.58. The van der Waals surface area contributed by atoms with Crippen LogP contribution in [0.5, 0.6) is 0 Å². The van der Waals surface area contributed by atoms with Crippen molar-refractivity contribution in [2.24, 2.45) is 23.7 Å². The van der Waals surface area contributed by atoms with Gasteiger partial charge in [-0.25, -0.2) is 0 Å². The molecule has 7 nitrogen and oxygen atoms in total. The number of anilines is 1. The lowest BCUT2D eigenvalue weighted by molar-refractivity contribution is -0.142. The minimum absolute atomic E-state index is 0.00338. The summed E-state index contributed by atoms with van der Waals surface area (Å²) in [5, 5.41) is 18.2. The van der Waals surface area contributed by atoms with Crippen LogP contribution in [0.25, 0.3) is 10.8 Å². The third-order valence-electron chi connectivity index (χ3n) is 8.31. The van der Waals surface area contributed by atoms with Crippen molar-refractivity contribution in [2.75, 3.05) is 19.0 Å². The zero-order valence-electron chi connectivity index (χ0n) is 20.5. The highest BCUT2D eigenvalue weighted by molar-refractivity contribution is 8.02. The molecule has 8 heteroatoms. The molecule has 3 aliphatic heterocycles. The summed E-state index contributed by atoms with van der Waals surface area (Å²) in [4.78, 5) is 42.6. The summed E-state index contributed by atoms with van der Waals surface area (Å²) in [6.45, 7) is 5.75. The van der Waals surface area contributed by atoms with E-state index in [2.05, 4.69) is 17.6 Å². The van der Waals surface area contributed by atoms with E-state index in [1.807, 2.05) is 56.3 Å². The topological polar surface area (TPSA) is 98.7 Å². The molecule has 3 unspecified atom stereocenters. The summed E-state index contributed by atoms with van der Waals surface area (Å²) in [6.07, 6.45) is 0.783. The molecule has 3 amide bonds. The first-order valence-electron chi connectivity index (χ1n) is 12.4. The summed E-state index contributed by atoms with van der Waals surface area (Å²) in [6, 6.07) is 12.4. The van der Waals surface area contributed by atoms with Gasteiger partial charge in [-0.15, -0.1) is 11.8 Å². The number of likely N-dealkylation sites (tertiary alicyclic amines) is 1. The number of carbonyl (C=O) groups excluding carboxylic acids is 3. The molecule has 3 aliphatic rings. The maximum absolute atomic E-state index is 14.1. The highest BCUT2D eigenvalue weighted by atomic mass is 32.2. The van der Waals surface area contributed by atoms with Crippen LogP contribution in [-0.4, -0.2) is 63.5 Å². The summed E-state index contributed by atoms with van der Waals surface area (Å²) in [7, 11) is 1.60. The molecular weight excluding hydrogens is 462 g/mol. The van der Waals surface area contributed by atoms with E-state index in [4.69, 9.17) is 0 Å². The maximum atomic E-state index is 14.1. The van der Waals surface area contributed by atoms with Crippen LogP contribution in [0.1, 0.15) is 27.2 Å². The van der Waals surface area contributed by atoms with E-state index in [9.17, 15) is 19.5 Å². The molecule has 7 atom stereocenters. The summed E-state index contributed by atoms with van der Waals surface area (Å²) < 4.78 is -0.706. The van der Waals surface area contributed by atoms with Crippen LogP contribution in [0.4, 0.5) is 5.69 Å². The van der Waals surface area contributed by atoms with Crippen LogP contribution in [-0.2, 0) is 14.4 Å². The predicted molar refractivity (Wildman–Crippen MR) is 138 cm³/mol. The van der Waals surface area contributed by atoms with Crippen LogP contribution in [0.15, 0.2) is 42.5 Å². The summed E-state index contributed by atoms with van der Waals surface area (Å²) in [5.41, 5.74) is 0.666. The van der Waals surface area contributed by atoms with Crippen molar-refractivity contribution in [3.8, 4) is 0 Å². The number of hydrogen-bond acceptors (Lipinski definition) is 5. The van der Waals surface area contributed by atoms with Crippen LogP contribution in [0.3, 0.4) is 0 Å². The van der Waals surface area contributed by atoms with Gasteiger partial charge < -0.3 is 20.6 Å². The van der Waals surface area contributed by atoms with E-state index in [1.54, 1.807) is 23.7 Å². The SMILES string of the molecule is CNC(=O)[C@@H]1[C@@H]2CC(C)C3(S2)C(C(=O)Nc2ccc4ccccc4c2)N([C@@H](CO)C(C)C)C(=O)[C@H]13. The number of fused-ring (bicyclic) bond motifs is 2. The van der Waals surface area contributed by atoms with E-state index in [-0.39, 0.29) is 41.4 Å². The van der Waals surface area contributed by atoms with Crippen LogP contribution >= 0.6 is 11.8 Å². The van der Waals surface area contributed by atoms with E-state index in [0.717, 1.165) is 17.2 Å². The van der Waals surface area contributed by atoms with Gasteiger partial charge in [0.25, 0.3) is 0 Å². The lowest BCUT2D eigenvalue weighted by atomic mass is 9.66. The van der Waals surface area contributed by atoms with Crippen molar-refractivity contribution < 1.29 is 19.5 Å². The first-order chi connectivity index (χ1) is 16.7. The molecule has 186 valence electrons. The fourth-order valence-corrected chi connectivity index (χ4v) is 9.09. The first kappa shape index (κ1) is 24.1. The van der Waals surface area contributed by atoms with Crippen molar-refractivity contribution >= 4 is 45.9 Å². The Hall–Kier alpha value is -2.58. The Morgan fingerprint density at radius 2 is 1.89 bits per heavy atom. The predicted octanol–water partition coefficient (Wildman–Crippen LogP) is 2.88. The van der Waals surface area contributed by atoms with Gasteiger partial charge in [0.1, 0.15) is 6.04 Å². The van der Waals surface area contributed by atoms with Gasteiger partial charge in [-0.1, -0.05) is 51.1 Å². The molecule has 2 aromatic carbocycles. The number of rotatable bonds is 6. The van der Waals surface area contributed by atoms with Crippen molar-refractivity contribution in [1.29, 1.82) is 0 Å². The Bertz CT molecular complexity index is 1190. The fraction of sp³-hybridized carbons (Fsp3) is 0.519. The standard InChI is InChI=1S/C27H33N3O4S/c1-14(2)19(13-31)30-23(25(33)29-18-10-9-16-7-5-6-8-17(16)12-18)27-15(3)11-20(35-27)21(24(32)28-4)22(27)26(30)34/h5-10,12,14-15,19-23,31H,11,13H2,1-4H3,(H,28,32)(H,29,33)/t15?,19-,20-,21+,22-,23?,27?/m0/s1. The molecule has 3 heterocycles. The minimum Gasteiger partial charge on any atom is -0.394 e. The van der Waals surface area contributed by atoms with Crippen LogP contribution < -0.4 is 10.6 Å². The Morgan fingerprint density at radius 1 is 1.17 bits per heavy atom. The van der Waals surface area contributed by atoms with Crippen molar-refractivity contribution in [3.63, 3.8) is 0 Å². The van der Waals surface area contributed by atoms with Gasteiger partial charge in [-0.3, -0.25) is 14.4 Å². The number of aliphatic hydroxyl groups excluding tert-OH is 1. The normalized spacial score (nSPS) is 32.2. The fourth-order valence-electron chi connectivity index (χ4n) is 6.68. The van der Waals surface area contributed by atoms with E-state index < -0.39 is 28.7 Å². The highest BCUT2D eigenvalue weighted by Gasteiger charge is 2.76. The number of aliphatic hydroxyl groups is 1. The Kier molecular flexibility index (Phi) is 6.08. The summed E-state index contributed by atoms with van der Waals surface area (Å²) >= 11 is 1.64. The van der Waals surface area contributed by atoms with Gasteiger partial charge in [0.05, 0.1) is 29.2 Å². The number of thioether (sulfide) groups is 1. The lowest BCUT2D eigenvalue weighted by Gasteiger charge is -2.40. The number of amides is 3. The van der Waals surface area contributed by atoms with Crippen molar-refractivity contribution in [3.05, 3.63) is 42.5 Å². The molecular formula is C27H33N3O4S. The smallest absolute Gasteiger partial charge is 0.248 e. The molecule has 0 aromatic heterocycles. The molecule has 3 N–H and O–H groups in total. The average molecular weight is 496 g/mol. The molecule has 2 bridgehead atoms. The van der Waals surface area contributed by atoms with Gasteiger partial charge in [-0.2, -0.15) is 0 Å². The van der Waals surface area contributed by atoms with Gasteiger partial charge >= 0.3 is 0 Å². The quantitative estimate of drug-likeness (QED) is 0.573. The molecule has 5 rings (SSSR count). The van der Waals surface area contributed by atoms with Crippen molar-refractivity contribution in [2.45, 2.75) is 49.3 Å². The second kappa shape index (κ2) is 8.82. The second-order valence-electron chi connectivity index (χ2n) is 10.5. The van der Waals surface area contributed by atoms with E-state index in [0.29, 0.717) is 5.69 Å². The largest absolute Gasteiger partial charge is 0.394 e. The Morgan fingerprint density at radius 3 is 2.54 bits per heavy atom. The number of nitrogens with zero attached hydrogens (tertiary/aromatic N) is 1. The van der Waals surface area contributed by atoms with Crippen molar-refractivity contribution in [1.82, 2.24) is 10.2 Å². The van der Waals surface area contributed by atoms with Gasteiger partial charge in [0.15, 0.2) is 0 Å². The molecule has 35 heavy (non-hydrogen) atoms. The number of hydrogen-bond donors (Lipinski definition) is 3. The molecule has 0 radical (unpaired) electrons. The van der Waals surface area contributed by atoms with E-state index in [1.165, 1.54) is 0 Å². The van der Waals surface area contributed by atoms with Crippen LogP contribution in [0, 0.1) is 23.7 Å². The number of benzene rings is 2. The zero-order valence-corrected chi connectivity index (χ0v) is 21.3. The molecule has 3 saturated heterocycles. The molecule has 0 aliphatic carbocycles. The molecule has 1 spiro atoms. The monoisotopic (exact) mass is 495 g/mol. The Labute approximate surface area is 210 Å². The van der Waals surface area contributed by atoms with Gasteiger partial charge in [-0.05, 0) is 41.2 Å². The molecule has 3 fully saturated rings. The van der Waals surface area contributed by atoms with E-state index >= 15 is 0 Å². The van der Waals surface area contributed by atoms with Gasteiger partial charge in [0.2, 0.25) is 17.7 Å². The maximum Gasteiger partial charge on any atom is 0.248 e. The molecule has 2 aromatic rings. The van der Waals surface area contributed by atoms with Gasteiger partial charge in [0, 0.05) is 18.0 Å². The number of nitrogens with one attached hydrogen (secondary N) is 2. The number of carbonyl (C=O) groups is 3. The summed E-state index contributed by atoms with van der Waals surface area (Å²) in [5.74, 6) is -1.61. The van der Waals surface area contributed by atoms with Crippen LogP contribution in [0.2, 0.25) is 0 Å².